The molecule has 0 atom stereocenters. The van der Waals surface area contributed by atoms with Crippen LogP contribution in [0.3, 0.4) is 0 Å². The molecule has 4 nitrogen and oxygen atoms in total. The molecule has 1 heterocycles. The molecule has 0 saturated heterocycles. The monoisotopic (exact) mass is 248 g/mol. The van der Waals surface area contributed by atoms with Crippen LogP contribution in [0.1, 0.15) is 5.56 Å². The molecular weight excluding hydrogens is 236 g/mol. The molecule has 0 aliphatic rings. The molecule has 0 radical (unpaired) electrons. The Morgan fingerprint density at radius 2 is 1.76 bits per heavy atom. The van der Waals surface area contributed by atoms with Crippen LogP contribution in [0.2, 0.25) is 0 Å². The van der Waals surface area contributed by atoms with Gasteiger partial charge in [-0.1, -0.05) is 30.3 Å². The maximum absolute atomic E-state index is 11.4. The normalized spacial score (nSPS) is 11.4. The average Bonchev–Trinajstić information content (AvgIpc) is 2.29. The molecule has 0 N–H and O–H groups in total. The number of benzene rings is 1. The van der Waals surface area contributed by atoms with Crippen LogP contribution < -0.4 is 0 Å². The van der Waals surface area contributed by atoms with E-state index in [1.807, 2.05) is 37.3 Å². The second-order valence-corrected chi connectivity index (χ2v) is 5.73. The Kier molecular flexibility index (Phi) is 2.93. The van der Waals surface area contributed by atoms with Gasteiger partial charge in [-0.15, -0.1) is 0 Å². The summed E-state index contributed by atoms with van der Waals surface area (Å²) >= 11 is 0. The zero-order valence-corrected chi connectivity index (χ0v) is 10.4. The second-order valence-electron chi connectivity index (χ2n) is 3.82. The first-order valence-electron chi connectivity index (χ1n) is 5.07. The van der Waals surface area contributed by atoms with E-state index in [4.69, 9.17) is 0 Å². The molecule has 0 saturated carbocycles. The maximum Gasteiger partial charge on any atom is 0.247 e. The van der Waals surface area contributed by atoms with E-state index in [2.05, 4.69) is 9.97 Å². The molecular formula is C12H12N2O2S. The number of sulfone groups is 1. The number of nitrogens with zero attached hydrogens (tertiary/aromatic N) is 2. The highest BCUT2D eigenvalue weighted by molar-refractivity contribution is 7.90. The summed E-state index contributed by atoms with van der Waals surface area (Å²) in [6.07, 6.45) is 2.64. The van der Waals surface area contributed by atoms with E-state index >= 15 is 0 Å². The Bertz CT molecular complexity index is 637. The Balaban J connectivity index is 2.63. The van der Waals surface area contributed by atoms with Crippen molar-refractivity contribution in [1.29, 1.82) is 0 Å². The maximum atomic E-state index is 11.4. The summed E-state index contributed by atoms with van der Waals surface area (Å²) in [5, 5.41) is -0.137. The predicted octanol–water partition coefficient (Wildman–Crippen LogP) is 1.86. The van der Waals surface area contributed by atoms with Gasteiger partial charge in [0.1, 0.15) is 0 Å². The zero-order valence-electron chi connectivity index (χ0n) is 9.58. The quantitative estimate of drug-likeness (QED) is 0.761. The van der Waals surface area contributed by atoms with Gasteiger partial charge in [0.25, 0.3) is 0 Å². The minimum absolute atomic E-state index is 0.137. The number of hydrogen-bond donors (Lipinski definition) is 0. The van der Waals surface area contributed by atoms with Gasteiger partial charge in [-0.05, 0) is 12.5 Å². The molecule has 1 aromatic heterocycles. The van der Waals surface area contributed by atoms with Crippen LogP contribution in [-0.2, 0) is 9.84 Å². The van der Waals surface area contributed by atoms with Gasteiger partial charge in [-0.3, -0.25) is 0 Å². The summed E-state index contributed by atoms with van der Waals surface area (Å²) in [6, 6.07) is 9.45. The van der Waals surface area contributed by atoms with Crippen LogP contribution in [0.15, 0.2) is 41.7 Å². The third-order valence-electron chi connectivity index (χ3n) is 2.33. The van der Waals surface area contributed by atoms with Crippen molar-refractivity contribution >= 4 is 9.84 Å². The lowest BCUT2D eigenvalue weighted by Crippen LogP contribution is -2.05. The minimum atomic E-state index is -3.37. The Morgan fingerprint density at radius 1 is 1.12 bits per heavy atom. The van der Waals surface area contributed by atoms with Gasteiger partial charge in [0.15, 0.2) is 0 Å². The molecule has 5 heteroatoms. The summed E-state index contributed by atoms with van der Waals surface area (Å²) in [4.78, 5) is 7.95. The number of aryl methyl sites for hydroxylation is 1. The van der Waals surface area contributed by atoms with Crippen LogP contribution in [0.25, 0.3) is 11.3 Å². The third-order valence-corrected chi connectivity index (χ3v) is 3.19. The van der Waals surface area contributed by atoms with E-state index in [9.17, 15) is 8.42 Å². The largest absolute Gasteiger partial charge is 0.247 e. The smallest absolute Gasteiger partial charge is 0.227 e. The van der Waals surface area contributed by atoms with E-state index in [0.717, 1.165) is 17.4 Å². The van der Waals surface area contributed by atoms with Gasteiger partial charge in [0.05, 0.1) is 5.69 Å². The van der Waals surface area contributed by atoms with Crippen molar-refractivity contribution in [2.45, 2.75) is 12.1 Å². The molecule has 0 aliphatic carbocycles. The molecule has 17 heavy (non-hydrogen) atoms. The summed E-state index contributed by atoms with van der Waals surface area (Å²) in [7, 11) is -3.37. The molecule has 1 aromatic carbocycles. The van der Waals surface area contributed by atoms with Gasteiger partial charge in [0.2, 0.25) is 15.0 Å². The van der Waals surface area contributed by atoms with Crippen molar-refractivity contribution in [2.75, 3.05) is 6.26 Å². The Hall–Kier alpha value is -1.75. The second kappa shape index (κ2) is 4.25. The molecule has 2 rings (SSSR count). The lowest BCUT2D eigenvalue weighted by Gasteiger charge is -2.06. The van der Waals surface area contributed by atoms with Gasteiger partial charge < -0.3 is 0 Å². The zero-order chi connectivity index (χ0) is 12.5. The molecule has 0 amide bonds. The highest BCUT2D eigenvalue weighted by Gasteiger charge is 2.13. The average molecular weight is 248 g/mol. The van der Waals surface area contributed by atoms with Crippen LogP contribution in [0.5, 0.6) is 0 Å². The fraction of sp³-hybridized carbons (Fsp3) is 0.167. The van der Waals surface area contributed by atoms with Crippen LogP contribution >= 0.6 is 0 Å². The van der Waals surface area contributed by atoms with Gasteiger partial charge >= 0.3 is 0 Å². The first kappa shape index (κ1) is 11.7. The fourth-order valence-electron chi connectivity index (χ4n) is 1.49. The summed E-state index contributed by atoms with van der Waals surface area (Å²) in [6.45, 7) is 1.86. The lowest BCUT2D eigenvalue weighted by atomic mass is 10.1. The van der Waals surface area contributed by atoms with Crippen molar-refractivity contribution in [3.8, 4) is 11.3 Å². The van der Waals surface area contributed by atoms with E-state index < -0.39 is 9.84 Å². The lowest BCUT2D eigenvalue weighted by molar-refractivity contribution is 0.593. The topological polar surface area (TPSA) is 59.9 Å². The molecule has 0 bridgehead atoms. The van der Waals surface area contributed by atoms with Crippen molar-refractivity contribution in [2.24, 2.45) is 0 Å². The van der Waals surface area contributed by atoms with E-state index in [0.29, 0.717) is 5.69 Å². The van der Waals surface area contributed by atoms with Crippen LogP contribution in [-0.4, -0.2) is 24.6 Å². The summed E-state index contributed by atoms with van der Waals surface area (Å²) in [5.74, 6) is 0. The first-order chi connectivity index (χ1) is 7.98. The van der Waals surface area contributed by atoms with E-state index in [-0.39, 0.29) is 5.16 Å². The van der Waals surface area contributed by atoms with Crippen LogP contribution in [0, 0.1) is 6.92 Å². The highest BCUT2D eigenvalue weighted by atomic mass is 32.2. The van der Waals surface area contributed by atoms with Crippen LogP contribution in [0.4, 0.5) is 0 Å². The standard InChI is InChI=1S/C12H12N2O2S/c1-9-8-13-12(17(2,15)16)14-11(9)10-6-4-3-5-7-10/h3-8H,1-2H3. The van der Waals surface area contributed by atoms with Crippen molar-refractivity contribution in [1.82, 2.24) is 9.97 Å². The number of aromatic nitrogens is 2. The Labute approximate surface area is 100 Å². The number of hydrogen-bond acceptors (Lipinski definition) is 4. The van der Waals surface area contributed by atoms with Gasteiger partial charge in [-0.25, -0.2) is 18.4 Å². The minimum Gasteiger partial charge on any atom is -0.227 e. The molecule has 88 valence electrons. The molecule has 0 aliphatic heterocycles. The molecule has 2 aromatic rings. The summed E-state index contributed by atoms with van der Waals surface area (Å²) < 4.78 is 22.8. The first-order valence-corrected chi connectivity index (χ1v) is 6.97. The highest BCUT2D eigenvalue weighted by Crippen LogP contribution is 2.20. The number of rotatable bonds is 2. The van der Waals surface area contributed by atoms with Crippen molar-refractivity contribution < 1.29 is 8.42 Å². The van der Waals surface area contributed by atoms with E-state index in [1.165, 1.54) is 6.20 Å². The van der Waals surface area contributed by atoms with Gasteiger partial charge in [-0.2, -0.15) is 0 Å². The Morgan fingerprint density at radius 3 is 2.35 bits per heavy atom. The third kappa shape index (κ3) is 2.50. The van der Waals surface area contributed by atoms with E-state index in [1.54, 1.807) is 0 Å². The van der Waals surface area contributed by atoms with Crippen molar-refractivity contribution in [3.63, 3.8) is 0 Å². The fourth-order valence-corrected chi connectivity index (χ4v) is 1.99. The SMILES string of the molecule is Cc1cnc(S(C)(=O)=O)nc1-c1ccccc1. The molecule has 0 spiro atoms. The summed E-state index contributed by atoms with van der Waals surface area (Å²) in [5.41, 5.74) is 2.39. The predicted molar refractivity (Wildman–Crippen MR) is 65.3 cm³/mol. The molecule has 0 fully saturated rings. The van der Waals surface area contributed by atoms with Gasteiger partial charge in [0, 0.05) is 18.0 Å². The molecule has 0 unspecified atom stereocenters. The van der Waals surface area contributed by atoms with Crippen molar-refractivity contribution in [3.05, 3.63) is 42.1 Å².